The second-order valence-corrected chi connectivity index (χ2v) is 13.9. The zero-order valence-electron chi connectivity index (χ0n) is 22.1. The number of hydrogen-bond acceptors (Lipinski definition) is 10. The van der Waals surface area contributed by atoms with Gasteiger partial charge in [0, 0.05) is 17.8 Å². The summed E-state index contributed by atoms with van der Waals surface area (Å²) in [5.41, 5.74) is -2.01. The van der Waals surface area contributed by atoms with Crippen molar-refractivity contribution in [3.63, 3.8) is 0 Å². The third-order valence-electron chi connectivity index (χ3n) is 10.5. The average Bonchev–Trinajstić information content (AvgIpc) is 3.51. The van der Waals surface area contributed by atoms with E-state index < -0.39 is 38.5 Å². The van der Waals surface area contributed by atoms with Crippen molar-refractivity contribution in [3.05, 3.63) is 0 Å². The van der Waals surface area contributed by atoms with E-state index in [1.54, 1.807) is 6.92 Å². The molecule has 6 aliphatic carbocycles. The van der Waals surface area contributed by atoms with Crippen LogP contribution in [0.15, 0.2) is 0 Å². The summed E-state index contributed by atoms with van der Waals surface area (Å²) in [6, 6.07) is 0. The lowest BCUT2D eigenvalue weighted by molar-refractivity contribution is -0.259. The summed E-state index contributed by atoms with van der Waals surface area (Å²) in [6.45, 7) is 1.59. The van der Waals surface area contributed by atoms with Crippen LogP contribution in [0.5, 0.6) is 0 Å². The van der Waals surface area contributed by atoms with Gasteiger partial charge in [0.1, 0.15) is 24.9 Å². The molecule has 0 aromatic heterocycles. The molecule has 7 rings (SSSR count). The second-order valence-electron chi connectivity index (χ2n) is 12.5. The number of rotatable bonds is 11. The molecule has 40 heavy (non-hydrogen) atoms. The molecule has 1 N–H and O–H groups in total. The summed E-state index contributed by atoms with van der Waals surface area (Å²) in [5, 5.41) is -5.06. The number of fused-ring (bicyclic) bond motifs is 1. The Morgan fingerprint density at radius 1 is 1.10 bits per heavy atom. The van der Waals surface area contributed by atoms with Crippen LogP contribution in [0.25, 0.3) is 0 Å². The van der Waals surface area contributed by atoms with E-state index in [4.69, 9.17) is 28.2 Å². The summed E-state index contributed by atoms with van der Waals surface area (Å²) >= 11 is 0. The van der Waals surface area contributed by atoms with Crippen LogP contribution in [0.3, 0.4) is 0 Å². The number of halogens is 2. The van der Waals surface area contributed by atoms with Crippen LogP contribution < -0.4 is 0 Å². The van der Waals surface area contributed by atoms with Gasteiger partial charge >= 0.3 is 33.3 Å². The highest BCUT2D eigenvalue weighted by Crippen LogP contribution is 2.63. The van der Waals surface area contributed by atoms with E-state index in [1.165, 1.54) is 0 Å². The molecule has 0 radical (unpaired) electrons. The topological polar surface area (TPSA) is 152 Å². The molecule has 6 bridgehead atoms. The molecular weight excluding hydrogens is 558 g/mol. The summed E-state index contributed by atoms with van der Waals surface area (Å²) in [4.78, 5) is 36.6. The minimum atomic E-state index is -5.98. The van der Waals surface area contributed by atoms with Crippen molar-refractivity contribution < 1.29 is 59.8 Å². The molecule has 7 unspecified atom stereocenters. The number of carbonyl (C=O) groups is 3. The molecule has 224 valence electrons. The van der Waals surface area contributed by atoms with Crippen molar-refractivity contribution in [1.29, 1.82) is 0 Å². The minimum Gasteiger partial charge on any atom is -0.462 e. The van der Waals surface area contributed by atoms with Gasteiger partial charge in [0.05, 0.1) is 24.2 Å². The van der Waals surface area contributed by atoms with Gasteiger partial charge in [0.2, 0.25) is 0 Å². The Morgan fingerprint density at radius 3 is 2.45 bits per heavy atom. The average molecular weight is 593 g/mol. The van der Waals surface area contributed by atoms with Gasteiger partial charge in [-0.1, -0.05) is 6.92 Å². The molecule has 7 fully saturated rings. The largest absolute Gasteiger partial charge is 0.465 e. The summed E-state index contributed by atoms with van der Waals surface area (Å²) < 4.78 is 87.1. The van der Waals surface area contributed by atoms with Crippen LogP contribution in [-0.4, -0.2) is 79.4 Å². The van der Waals surface area contributed by atoms with Gasteiger partial charge in [0.25, 0.3) is 0 Å². The molecule has 1 saturated heterocycles. The third kappa shape index (κ3) is 4.35. The number of carbonyl (C=O) groups excluding carboxylic acids is 3. The first-order valence-corrected chi connectivity index (χ1v) is 15.4. The smallest absolute Gasteiger partial charge is 0.462 e. The van der Waals surface area contributed by atoms with Gasteiger partial charge in [-0.05, 0) is 63.2 Å². The molecule has 11 nitrogen and oxygen atoms in total. The van der Waals surface area contributed by atoms with Crippen LogP contribution in [-0.2, 0) is 48.2 Å². The first-order chi connectivity index (χ1) is 18.8. The van der Waals surface area contributed by atoms with Crippen molar-refractivity contribution in [2.75, 3.05) is 19.8 Å². The van der Waals surface area contributed by atoms with Gasteiger partial charge in [-0.3, -0.25) is 9.35 Å². The van der Waals surface area contributed by atoms with E-state index in [2.05, 4.69) is 0 Å². The van der Waals surface area contributed by atoms with E-state index >= 15 is 0 Å². The Bertz CT molecular complexity index is 1170. The van der Waals surface area contributed by atoms with E-state index in [9.17, 15) is 31.6 Å². The quantitative estimate of drug-likeness (QED) is 0.163. The lowest BCUT2D eigenvalue weighted by atomic mass is 9.47. The molecule has 0 amide bonds. The van der Waals surface area contributed by atoms with Gasteiger partial charge in [-0.15, -0.1) is 0 Å². The van der Waals surface area contributed by atoms with Crippen molar-refractivity contribution in [2.45, 2.75) is 87.0 Å². The molecule has 1 aliphatic heterocycles. The zero-order chi connectivity index (χ0) is 28.7. The fraction of sp³-hybridized carbons (Fsp3) is 0.885. The Kier molecular flexibility index (Phi) is 6.75. The minimum absolute atomic E-state index is 0.00146. The number of hydrogen-bond donors (Lipinski definition) is 1. The molecule has 0 aromatic carbocycles. The molecule has 0 aromatic rings. The highest BCUT2D eigenvalue weighted by molar-refractivity contribution is 7.87. The predicted molar refractivity (Wildman–Crippen MR) is 128 cm³/mol. The summed E-state index contributed by atoms with van der Waals surface area (Å²) in [6.07, 6.45) is 4.13. The Labute approximate surface area is 230 Å². The lowest BCUT2D eigenvalue weighted by Crippen LogP contribution is -2.66. The van der Waals surface area contributed by atoms with E-state index in [1.807, 2.05) is 0 Å². The van der Waals surface area contributed by atoms with E-state index in [0.29, 0.717) is 32.1 Å². The highest BCUT2D eigenvalue weighted by Gasteiger charge is 2.66. The monoisotopic (exact) mass is 592 g/mol. The zero-order valence-corrected chi connectivity index (χ0v) is 22.9. The van der Waals surface area contributed by atoms with Crippen molar-refractivity contribution >= 4 is 28.0 Å². The summed E-state index contributed by atoms with van der Waals surface area (Å²) in [5.74, 6) is -3.00. The molecule has 6 saturated carbocycles. The highest BCUT2D eigenvalue weighted by atomic mass is 32.2. The Morgan fingerprint density at radius 2 is 1.80 bits per heavy atom. The Balaban J connectivity index is 1.00. The van der Waals surface area contributed by atoms with Crippen molar-refractivity contribution in [1.82, 2.24) is 0 Å². The molecule has 1 heterocycles. The second kappa shape index (κ2) is 9.56. The summed E-state index contributed by atoms with van der Waals surface area (Å²) in [7, 11) is -5.98. The normalized spacial score (nSPS) is 42.8. The van der Waals surface area contributed by atoms with Gasteiger partial charge < -0.3 is 23.7 Å². The lowest BCUT2D eigenvalue weighted by Gasteiger charge is -2.63. The molecule has 14 heteroatoms. The Hall–Kier alpha value is -1.90. The van der Waals surface area contributed by atoms with Crippen LogP contribution in [0.4, 0.5) is 8.78 Å². The first-order valence-electron chi connectivity index (χ1n) is 14.0. The maximum atomic E-state index is 14.0. The van der Waals surface area contributed by atoms with Gasteiger partial charge in [-0.25, -0.2) is 9.59 Å². The van der Waals surface area contributed by atoms with Gasteiger partial charge in [0.15, 0.2) is 0 Å². The van der Waals surface area contributed by atoms with Crippen LogP contribution in [0, 0.1) is 35.5 Å². The van der Waals surface area contributed by atoms with E-state index in [-0.39, 0.29) is 79.9 Å². The number of ether oxygens (including phenoxy) is 5. The van der Waals surface area contributed by atoms with Crippen LogP contribution in [0.1, 0.15) is 58.3 Å². The first kappa shape index (κ1) is 28.2. The maximum Gasteiger partial charge on any atom is 0.465 e. The standard InChI is InChI=1S/C26H34F2O11S/c1-2-25(39-23(31)26(27,28)40(32,33)34)15-5-13-6-16(25)11-24(9-13,10-15)37-12-19(29)35-3-4-36-20-14-7-17-18(8-14)22(30)38-21(17)20/h13-18,20-21H,2-12H2,1H3,(H,32,33,34). The molecule has 7 aliphatic rings. The predicted octanol–water partition coefficient (Wildman–Crippen LogP) is 2.26. The van der Waals surface area contributed by atoms with Crippen LogP contribution in [0.2, 0.25) is 0 Å². The number of alkyl halides is 2. The van der Waals surface area contributed by atoms with E-state index in [0.717, 1.165) is 12.8 Å². The fourth-order valence-electron chi connectivity index (χ4n) is 9.04. The molecule has 0 spiro atoms. The number of esters is 3. The van der Waals surface area contributed by atoms with Crippen LogP contribution >= 0.6 is 0 Å². The third-order valence-corrected chi connectivity index (χ3v) is 11.3. The van der Waals surface area contributed by atoms with Gasteiger partial charge in [-0.2, -0.15) is 17.2 Å². The maximum absolute atomic E-state index is 14.0. The molecule has 7 atom stereocenters. The fourth-order valence-corrected chi connectivity index (χ4v) is 9.29. The van der Waals surface area contributed by atoms with Crippen molar-refractivity contribution in [3.8, 4) is 0 Å². The van der Waals surface area contributed by atoms with Crippen molar-refractivity contribution in [2.24, 2.45) is 35.5 Å². The molecular formula is C26H34F2O11S. The SMILES string of the molecule is CCC1(OC(=O)C(F)(F)S(=O)(=O)O)C2CC3CC1CC(OCC(=O)OCCOC1C4CC5C(=O)OC1C5C4)(C3)C2.